The number of esters is 1. The molecular weight excluding hydrogens is 432 g/mol. The molecule has 0 aromatic heterocycles. The van der Waals surface area contributed by atoms with Gasteiger partial charge in [-0.2, -0.15) is 5.26 Å². The first-order valence-electron chi connectivity index (χ1n) is 11.2. The van der Waals surface area contributed by atoms with E-state index in [4.69, 9.17) is 10.00 Å². The third-order valence-corrected chi connectivity index (χ3v) is 6.15. The Morgan fingerprint density at radius 1 is 1.09 bits per heavy atom. The summed E-state index contributed by atoms with van der Waals surface area (Å²) in [7, 11) is 1.26. The van der Waals surface area contributed by atoms with Crippen LogP contribution in [0.3, 0.4) is 0 Å². The molecule has 2 aromatic rings. The molecule has 2 N–H and O–H groups in total. The van der Waals surface area contributed by atoms with Gasteiger partial charge in [0.25, 0.3) is 5.91 Å². The summed E-state index contributed by atoms with van der Waals surface area (Å²) in [6.07, 6.45) is 1.69. The van der Waals surface area contributed by atoms with Crippen molar-refractivity contribution in [1.29, 1.82) is 5.26 Å². The summed E-state index contributed by atoms with van der Waals surface area (Å²) >= 11 is 0. The predicted molar refractivity (Wildman–Crippen MR) is 128 cm³/mol. The number of methoxy groups -OCH3 is 1. The first-order chi connectivity index (χ1) is 16.1. The molecule has 8 nitrogen and oxygen atoms in total. The molecule has 0 saturated carbocycles. The van der Waals surface area contributed by atoms with Gasteiger partial charge in [0.15, 0.2) is 0 Å². The molecule has 1 heterocycles. The number of aryl methyl sites for hydroxylation is 1. The van der Waals surface area contributed by atoms with E-state index in [1.807, 2.05) is 36.1 Å². The number of hydrogen-bond donors (Lipinski definition) is 2. The van der Waals surface area contributed by atoms with Gasteiger partial charge in [0, 0.05) is 24.3 Å². The van der Waals surface area contributed by atoms with Gasteiger partial charge in [-0.1, -0.05) is 18.2 Å². The van der Waals surface area contributed by atoms with Crippen LogP contribution >= 0.6 is 0 Å². The smallest absolute Gasteiger partial charge is 0.331 e. The summed E-state index contributed by atoms with van der Waals surface area (Å²) in [5.41, 5.74) is 2.42. The van der Waals surface area contributed by atoms with Gasteiger partial charge in [-0.05, 0) is 74.9 Å². The van der Waals surface area contributed by atoms with Crippen LogP contribution in [0.4, 0.5) is 10.5 Å². The number of anilines is 1. The van der Waals surface area contributed by atoms with Crippen LogP contribution in [-0.4, -0.2) is 48.5 Å². The number of rotatable bonds is 5. The van der Waals surface area contributed by atoms with Gasteiger partial charge in [-0.25, -0.2) is 9.59 Å². The molecule has 1 saturated heterocycles. The van der Waals surface area contributed by atoms with Crippen LogP contribution in [0.15, 0.2) is 42.5 Å². The molecule has 0 atom stereocenters. The highest BCUT2D eigenvalue weighted by molar-refractivity contribution is 5.98. The highest BCUT2D eigenvalue weighted by atomic mass is 16.5. The Hall–Kier alpha value is -3.86. The number of hydrogen-bond acceptors (Lipinski definition) is 5. The number of carbonyl (C=O) groups excluding carboxylic acids is 3. The monoisotopic (exact) mass is 462 g/mol. The van der Waals surface area contributed by atoms with Gasteiger partial charge >= 0.3 is 12.0 Å². The Balaban J connectivity index is 1.63. The number of likely N-dealkylation sites (tertiary alicyclic amines) is 1. The predicted octanol–water partition coefficient (Wildman–Crippen LogP) is 3.96. The van der Waals surface area contributed by atoms with E-state index < -0.39 is 17.5 Å². The summed E-state index contributed by atoms with van der Waals surface area (Å²) in [5.74, 6) is -0.293. The quantitative estimate of drug-likeness (QED) is 0.654. The number of urea groups is 1. The van der Waals surface area contributed by atoms with Crippen LogP contribution < -0.4 is 10.6 Å². The summed E-state index contributed by atoms with van der Waals surface area (Å²) in [4.78, 5) is 39.2. The standard InChI is InChI=1S/C26H30N4O4/c1-17-5-8-21(15-22(17)28-25(33)29-26(2,3)24(32)34-4)23(31)30-13-11-20(12-14-30)19-9-6-18(16-27)7-10-19/h5-10,15,20H,11-14H2,1-4H3,(H2,28,29,33). The SMILES string of the molecule is COC(=O)C(C)(C)NC(=O)Nc1cc(C(=O)N2CCC(c3ccc(C#N)cc3)CC2)ccc1C. The Morgan fingerprint density at radius 2 is 1.74 bits per heavy atom. The van der Waals surface area contributed by atoms with Crippen LogP contribution in [-0.2, 0) is 9.53 Å². The molecule has 3 amide bonds. The average molecular weight is 463 g/mol. The number of amides is 3. The number of ether oxygens (including phenoxy) is 1. The van der Waals surface area contributed by atoms with E-state index >= 15 is 0 Å². The van der Waals surface area contributed by atoms with Crippen molar-refractivity contribution < 1.29 is 19.1 Å². The van der Waals surface area contributed by atoms with Crippen molar-refractivity contribution in [3.63, 3.8) is 0 Å². The van der Waals surface area contributed by atoms with E-state index in [0.717, 1.165) is 18.4 Å². The average Bonchev–Trinajstić information content (AvgIpc) is 2.84. The van der Waals surface area contributed by atoms with Crippen LogP contribution in [0, 0.1) is 18.3 Å². The fourth-order valence-corrected chi connectivity index (χ4v) is 4.06. The first-order valence-corrected chi connectivity index (χ1v) is 11.2. The van der Waals surface area contributed by atoms with Gasteiger partial charge in [0.2, 0.25) is 0 Å². The van der Waals surface area contributed by atoms with Crippen LogP contribution in [0.5, 0.6) is 0 Å². The van der Waals surface area contributed by atoms with Crippen molar-refractivity contribution >= 4 is 23.6 Å². The van der Waals surface area contributed by atoms with E-state index in [-0.39, 0.29) is 5.91 Å². The second-order valence-electron chi connectivity index (χ2n) is 9.03. The van der Waals surface area contributed by atoms with Gasteiger partial charge in [0.05, 0.1) is 18.7 Å². The van der Waals surface area contributed by atoms with Crippen molar-refractivity contribution in [2.24, 2.45) is 0 Å². The Bertz CT molecular complexity index is 1110. The maximum atomic E-state index is 13.1. The number of nitrogens with one attached hydrogen (secondary N) is 2. The fourth-order valence-electron chi connectivity index (χ4n) is 4.06. The van der Waals surface area contributed by atoms with Crippen molar-refractivity contribution in [1.82, 2.24) is 10.2 Å². The minimum atomic E-state index is -1.20. The lowest BCUT2D eigenvalue weighted by atomic mass is 9.89. The molecular formula is C26H30N4O4. The minimum absolute atomic E-state index is 0.0865. The molecule has 0 bridgehead atoms. The lowest BCUT2D eigenvalue weighted by molar-refractivity contribution is -0.146. The highest BCUT2D eigenvalue weighted by Crippen LogP contribution is 2.29. The summed E-state index contributed by atoms with van der Waals surface area (Å²) in [5, 5.41) is 14.3. The van der Waals surface area contributed by atoms with Crippen LogP contribution in [0.2, 0.25) is 0 Å². The van der Waals surface area contributed by atoms with E-state index in [2.05, 4.69) is 16.7 Å². The van der Waals surface area contributed by atoms with Crippen LogP contribution in [0.1, 0.15) is 59.7 Å². The first kappa shape index (κ1) is 24.8. The molecule has 1 aliphatic rings. The van der Waals surface area contributed by atoms with Gasteiger partial charge < -0.3 is 20.3 Å². The molecule has 1 aliphatic heterocycles. The van der Waals surface area contributed by atoms with Gasteiger partial charge in [-0.15, -0.1) is 0 Å². The number of benzene rings is 2. The van der Waals surface area contributed by atoms with Crippen LogP contribution in [0.25, 0.3) is 0 Å². The molecule has 1 fully saturated rings. The number of carbonyl (C=O) groups is 3. The van der Waals surface area contributed by atoms with E-state index in [9.17, 15) is 14.4 Å². The van der Waals surface area contributed by atoms with Crippen molar-refractivity contribution in [2.45, 2.75) is 45.1 Å². The van der Waals surface area contributed by atoms with E-state index in [1.165, 1.54) is 12.7 Å². The third kappa shape index (κ3) is 5.73. The van der Waals surface area contributed by atoms with Crippen molar-refractivity contribution in [3.8, 4) is 6.07 Å². The highest BCUT2D eigenvalue weighted by Gasteiger charge is 2.31. The fraction of sp³-hybridized carbons (Fsp3) is 0.385. The topological polar surface area (TPSA) is 112 Å². The maximum absolute atomic E-state index is 13.1. The van der Waals surface area contributed by atoms with Gasteiger partial charge in [0.1, 0.15) is 5.54 Å². The molecule has 0 spiro atoms. The number of nitriles is 1. The zero-order valence-corrected chi connectivity index (χ0v) is 20.0. The normalized spacial score (nSPS) is 14.1. The number of nitrogens with zero attached hydrogens (tertiary/aromatic N) is 2. The number of piperidine rings is 1. The zero-order valence-electron chi connectivity index (χ0n) is 20.0. The second-order valence-corrected chi connectivity index (χ2v) is 9.03. The second kappa shape index (κ2) is 10.4. The molecule has 3 rings (SSSR count). The molecule has 0 unspecified atom stereocenters. The van der Waals surface area contributed by atoms with Gasteiger partial charge in [-0.3, -0.25) is 4.79 Å². The molecule has 34 heavy (non-hydrogen) atoms. The third-order valence-electron chi connectivity index (χ3n) is 6.15. The lowest BCUT2D eigenvalue weighted by Crippen LogP contribution is -2.51. The minimum Gasteiger partial charge on any atom is -0.467 e. The molecule has 178 valence electrons. The molecule has 0 radical (unpaired) electrons. The summed E-state index contributed by atoms with van der Waals surface area (Å²) < 4.78 is 4.71. The summed E-state index contributed by atoms with van der Waals surface area (Å²) in [6.45, 7) is 6.19. The summed E-state index contributed by atoms with van der Waals surface area (Å²) in [6, 6.07) is 14.4. The maximum Gasteiger partial charge on any atom is 0.331 e. The largest absolute Gasteiger partial charge is 0.467 e. The zero-order chi connectivity index (χ0) is 24.9. The van der Waals surface area contributed by atoms with E-state index in [0.29, 0.717) is 35.8 Å². The Labute approximate surface area is 199 Å². The lowest BCUT2D eigenvalue weighted by Gasteiger charge is -2.32. The molecule has 8 heteroatoms. The molecule has 0 aliphatic carbocycles. The Morgan fingerprint density at radius 3 is 2.32 bits per heavy atom. The Kier molecular flexibility index (Phi) is 7.57. The van der Waals surface area contributed by atoms with E-state index in [1.54, 1.807) is 32.0 Å². The van der Waals surface area contributed by atoms with Crippen molar-refractivity contribution in [3.05, 3.63) is 64.7 Å². The van der Waals surface area contributed by atoms with Crippen molar-refractivity contribution in [2.75, 3.05) is 25.5 Å². The molecule has 2 aromatic carbocycles.